The molecule has 0 amide bonds. The number of methoxy groups -OCH3 is 1. The summed E-state index contributed by atoms with van der Waals surface area (Å²) in [5, 5.41) is 0. The van der Waals surface area contributed by atoms with E-state index in [0.717, 1.165) is 0 Å². The minimum absolute atomic E-state index is 0.548. The molecule has 0 unspecified atom stereocenters. The first-order valence-electron chi connectivity index (χ1n) is 3.00. The van der Waals surface area contributed by atoms with Crippen LogP contribution in [0.25, 0.3) is 0 Å². The van der Waals surface area contributed by atoms with E-state index in [1.54, 1.807) is 13.2 Å². The van der Waals surface area contributed by atoms with E-state index in [4.69, 9.17) is 21.2 Å². The highest BCUT2D eigenvalue weighted by Crippen LogP contribution is 1.75. The summed E-state index contributed by atoms with van der Waals surface area (Å²) in [6.45, 7) is 1.76. The first kappa shape index (κ1) is 9.91. The molecule has 0 aromatic rings. The number of hydrogen-bond acceptors (Lipinski definition) is 3. The van der Waals surface area contributed by atoms with Gasteiger partial charge in [0.1, 0.15) is 0 Å². The fourth-order valence-electron chi connectivity index (χ4n) is 0.349. The molecular formula is C6H12ClNO2. The van der Waals surface area contributed by atoms with E-state index in [9.17, 15) is 0 Å². The molecule has 0 saturated carbocycles. The number of ether oxygens (including phenoxy) is 1. The molecule has 1 N–H and O–H groups in total. The van der Waals surface area contributed by atoms with Crippen molar-refractivity contribution in [3.63, 3.8) is 0 Å². The Hall–Kier alpha value is -0.0900. The van der Waals surface area contributed by atoms with Crippen molar-refractivity contribution in [3.05, 3.63) is 11.6 Å². The highest BCUT2D eigenvalue weighted by atomic mass is 35.5. The lowest BCUT2D eigenvalue weighted by molar-refractivity contribution is 0.0123. The standard InChI is InChI=1S/C6H12ClNO2/c1-9-5-6-10-8-4-2-3-7/h2-3,8H,4-6H2,1H3/b3-2+. The van der Waals surface area contributed by atoms with E-state index >= 15 is 0 Å². The molecule has 0 aliphatic heterocycles. The van der Waals surface area contributed by atoms with Crippen molar-refractivity contribution in [1.29, 1.82) is 0 Å². The second-order valence-corrected chi connectivity index (χ2v) is 1.80. The van der Waals surface area contributed by atoms with Gasteiger partial charge in [-0.2, -0.15) is 5.48 Å². The third kappa shape index (κ3) is 7.91. The van der Waals surface area contributed by atoms with E-state index in [2.05, 4.69) is 5.48 Å². The molecule has 60 valence electrons. The second kappa shape index (κ2) is 8.91. The van der Waals surface area contributed by atoms with Crippen molar-refractivity contribution in [2.24, 2.45) is 0 Å². The average molecular weight is 166 g/mol. The SMILES string of the molecule is COCCONC/C=C/Cl. The van der Waals surface area contributed by atoms with Crippen LogP contribution in [0.2, 0.25) is 0 Å². The molecule has 4 heteroatoms. The van der Waals surface area contributed by atoms with E-state index in [1.165, 1.54) is 5.54 Å². The fraction of sp³-hybridized carbons (Fsp3) is 0.667. The number of hydroxylamine groups is 1. The summed E-state index contributed by atoms with van der Waals surface area (Å²) in [6.07, 6.45) is 1.74. The zero-order valence-electron chi connectivity index (χ0n) is 5.97. The van der Waals surface area contributed by atoms with Crippen molar-refractivity contribution in [1.82, 2.24) is 5.48 Å². The Morgan fingerprint density at radius 2 is 2.30 bits per heavy atom. The molecule has 0 aromatic heterocycles. The van der Waals surface area contributed by atoms with Gasteiger partial charge in [-0.15, -0.1) is 0 Å². The summed E-state index contributed by atoms with van der Waals surface area (Å²) in [5.41, 5.74) is 4.11. The fourth-order valence-corrected chi connectivity index (χ4v) is 0.438. The normalized spacial score (nSPS) is 11.0. The topological polar surface area (TPSA) is 30.5 Å². The van der Waals surface area contributed by atoms with Gasteiger partial charge in [-0.1, -0.05) is 17.7 Å². The lowest BCUT2D eigenvalue weighted by Crippen LogP contribution is -2.17. The van der Waals surface area contributed by atoms with Gasteiger partial charge in [0.2, 0.25) is 0 Å². The predicted molar refractivity (Wildman–Crippen MR) is 40.8 cm³/mol. The van der Waals surface area contributed by atoms with Crippen LogP contribution in [0.3, 0.4) is 0 Å². The van der Waals surface area contributed by atoms with Crippen LogP contribution in [0.1, 0.15) is 0 Å². The number of rotatable bonds is 6. The molecule has 10 heavy (non-hydrogen) atoms. The van der Waals surface area contributed by atoms with Gasteiger partial charge in [0.25, 0.3) is 0 Å². The molecule has 0 spiro atoms. The average Bonchev–Trinajstić information content (AvgIpc) is 1.97. The van der Waals surface area contributed by atoms with Crippen LogP contribution >= 0.6 is 11.6 Å². The Labute approximate surface area is 65.9 Å². The van der Waals surface area contributed by atoms with Crippen LogP contribution in [0.5, 0.6) is 0 Å². The van der Waals surface area contributed by atoms with Gasteiger partial charge in [0.05, 0.1) is 13.2 Å². The zero-order valence-corrected chi connectivity index (χ0v) is 6.73. The summed E-state index contributed by atoms with van der Waals surface area (Å²) in [5.74, 6) is 0. The molecule has 0 aromatic carbocycles. The summed E-state index contributed by atoms with van der Waals surface area (Å²) in [7, 11) is 1.63. The van der Waals surface area contributed by atoms with Gasteiger partial charge in [0.15, 0.2) is 0 Å². The van der Waals surface area contributed by atoms with Gasteiger partial charge in [0, 0.05) is 19.2 Å². The first-order valence-corrected chi connectivity index (χ1v) is 3.44. The maximum atomic E-state index is 5.24. The van der Waals surface area contributed by atoms with E-state index in [-0.39, 0.29) is 0 Å². The zero-order chi connectivity index (χ0) is 7.66. The number of nitrogens with one attached hydrogen (secondary N) is 1. The van der Waals surface area contributed by atoms with Crippen molar-refractivity contribution < 1.29 is 9.57 Å². The van der Waals surface area contributed by atoms with Gasteiger partial charge < -0.3 is 4.74 Å². The molecule has 0 bridgehead atoms. The van der Waals surface area contributed by atoms with Crippen LogP contribution in [0.15, 0.2) is 11.6 Å². The lowest BCUT2D eigenvalue weighted by Gasteiger charge is -2.00. The molecule has 0 rings (SSSR count). The van der Waals surface area contributed by atoms with E-state index in [1.807, 2.05) is 0 Å². The largest absolute Gasteiger partial charge is 0.382 e. The van der Waals surface area contributed by atoms with Gasteiger partial charge >= 0.3 is 0 Å². The number of hydrogen-bond donors (Lipinski definition) is 1. The minimum atomic E-state index is 0.548. The summed E-state index contributed by atoms with van der Waals surface area (Å²) >= 11 is 5.24. The highest BCUT2D eigenvalue weighted by Gasteiger charge is 1.82. The molecule has 0 fully saturated rings. The van der Waals surface area contributed by atoms with E-state index < -0.39 is 0 Å². The van der Waals surface area contributed by atoms with Crippen LogP contribution in [-0.2, 0) is 9.57 Å². The van der Waals surface area contributed by atoms with Gasteiger partial charge in [-0.05, 0) is 0 Å². The maximum absolute atomic E-state index is 5.24. The highest BCUT2D eigenvalue weighted by molar-refractivity contribution is 6.25. The number of halogens is 1. The van der Waals surface area contributed by atoms with E-state index in [0.29, 0.717) is 19.8 Å². The second-order valence-electron chi connectivity index (χ2n) is 1.55. The minimum Gasteiger partial charge on any atom is -0.382 e. The Morgan fingerprint density at radius 1 is 1.50 bits per heavy atom. The molecule has 0 radical (unpaired) electrons. The third-order valence-electron chi connectivity index (χ3n) is 0.782. The van der Waals surface area contributed by atoms with Crippen LogP contribution in [-0.4, -0.2) is 26.9 Å². The molecular weight excluding hydrogens is 154 g/mol. The van der Waals surface area contributed by atoms with Crippen molar-refractivity contribution in [2.75, 3.05) is 26.9 Å². The molecule has 0 aliphatic carbocycles. The van der Waals surface area contributed by atoms with Gasteiger partial charge in [-0.25, -0.2) is 0 Å². The lowest BCUT2D eigenvalue weighted by atomic mass is 10.7. The summed E-state index contributed by atoms with van der Waals surface area (Å²) < 4.78 is 4.74. The van der Waals surface area contributed by atoms with Crippen molar-refractivity contribution in [3.8, 4) is 0 Å². The van der Waals surface area contributed by atoms with Crippen molar-refractivity contribution in [2.45, 2.75) is 0 Å². The quantitative estimate of drug-likeness (QED) is 0.469. The molecule has 0 aliphatic rings. The molecule has 0 heterocycles. The summed E-state index contributed by atoms with van der Waals surface area (Å²) in [4.78, 5) is 4.89. The first-order chi connectivity index (χ1) is 4.91. The Morgan fingerprint density at radius 3 is 2.90 bits per heavy atom. The van der Waals surface area contributed by atoms with Crippen LogP contribution in [0, 0.1) is 0 Å². The molecule has 0 saturated heterocycles. The maximum Gasteiger partial charge on any atom is 0.0916 e. The monoisotopic (exact) mass is 165 g/mol. The van der Waals surface area contributed by atoms with Gasteiger partial charge in [-0.3, -0.25) is 4.84 Å². The predicted octanol–water partition coefficient (Wildman–Crippen LogP) is 0.906. The van der Waals surface area contributed by atoms with Crippen LogP contribution < -0.4 is 5.48 Å². The Kier molecular flexibility index (Phi) is 8.83. The molecule has 3 nitrogen and oxygen atoms in total. The van der Waals surface area contributed by atoms with Crippen molar-refractivity contribution >= 4 is 11.6 Å². The third-order valence-corrected chi connectivity index (χ3v) is 0.960. The van der Waals surface area contributed by atoms with Crippen LogP contribution in [0.4, 0.5) is 0 Å². The smallest absolute Gasteiger partial charge is 0.0916 e. The summed E-state index contributed by atoms with van der Waals surface area (Å²) in [6, 6.07) is 0. The Bertz CT molecular complexity index is 87.8. The Balaban J connectivity index is 2.77. The molecule has 0 atom stereocenters.